The molecule has 31 heavy (non-hydrogen) atoms. The van der Waals surface area contributed by atoms with Crippen LogP contribution in [0.3, 0.4) is 0 Å². The highest BCUT2D eigenvalue weighted by Crippen LogP contribution is 2.44. The summed E-state index contributed by atoms with van der Waals surface area (Å²) in [6.07, 6.45) is -2.53. The number of hydrogen-bond donors (Lipinski definition) is 3. The van der Waals surface area contributed by atoms with E-state index in [0.29, 0.717) is 29.2 Å². The topological polar surface area (TPSA) is 116 Å². The van der Waals surface area contributed by atoms with Crippen molar-refractivity contribution < 1.29 is 29.3 Å². The van der Waals surface area contributed by atoms with E-state index in [-0.39, 0.29) is 12.3 Å². The fourth-order valence-corrected chi connectivity index (χ4v) is 4.07. The summed E-state index contributed by atoms with van der Waals surface area (Å²) in [7, 11) is 3.20. The fraction of sp³-hybridized carbons (Fsp3) is 0.500. The van der Waals surface area contributed by atoms with E-state index in [0.717, 1.165) is 11.3 Å². The third kappa shape index (κ3) is 4.84. The van der Waals surface area contributed by atoms with Crippen LogP contribution in [0.1, 0.15) is 55.3 Å². The number of aliphatic hydroxyl groups is 2. The van der Waals surface area contributed by atoms with E-state index in [1.807, 2.05) is 13.8 Å². The number of aliphatic hydroxyl groups excluding tert-OH is 2. The van der Waals surface area contributed by atoms with Crippen molar-refractivity contribution in [3.63, 3.8) is 0 Å². The number of anilines is 1. The molecule has 1 aliphatic rings. The van der Waals surface area contributed by atoms with Gasteiger partial charge >= 0.3 is 5.97 Å². The lowest BCUT2D eigenvalue weighted by Crippen LogP contribution is -2.30. The Hall–Kier alpha value is -2.62. The monoisotopic (exact) mass is 433 g/mol. The first kappa shape index (κ1) is 23.1. The molecular weight excluding hydrogens is 405 g/mol. The maximum absolute atomic E-state index is 14.1. The molecule has 0 aliphatic heterocycles. The van der Waals surface area contributed by atoms with Crippen LogP contribution < -0.4 is 5.06 Å². The van der Waals surface area contributed by atoms with Crippen LogP contribution in [0.25, 0.3) is 11.3 Å². The molecule has 1 aliphatic carbocycles. The number of aromatic nitrogens is 2. The first-order chi connectivity index (χ1) is 14.6. The number of carboxylic acid groups (broad SMARTS) is 1. The molecule has 0 saturated carbocycles. The van der Waals surface area contributed by atoms with Crippen LogP contribution in [-0.2, 0) is 16.1 Å². The zero-order chi connectivity index (χ0) is 22.9. The van der Waals surface area contributed by atoms with Gasteiger partial charge in [-0.1, -0.05) is 13.8 Å². The van der Waals surface area contributed by atoms with Gasteiger partial charge in [0.1, 0.15) is 5.82 Å². The quantitative estimate of drug-likeness (QED) is 0.544. The Morgan fingerprint density at radius 2 is 2.03 bits per heavy atom. The van der Waals surface area contributed by atoms with Crippen LogP contribution in [-0.4, -0.2) is 57.6 Å². The second-order valence-electron chi connectivity index (χ2n) is 8.17. The van der Waals surface area contributed by atoms with Gasteiger partial charge in [0.25, 0.3) is 0 Å². The van der Waals surface area contributed by atoms with E-state index in [4.69, 9.17) is 9.94 Å². The summed E-state index contributed by atoms with van der Waals surface area (Å²) < 4.78 is 14.1. The number of rotatable bonds is 8. The molecule has 0 saturated heterocycles. The molecule has 0 radical (unpaired) electrons. The maximum atomic E-state index is 14.1. The Kier molecular flexibility index (Phi) is 6.88. The second-order valence-corrected chi connectivity index (χ2v) is 8.17. The molecule has 1 aromatic heterocycles. The maximum Gasteiger partial charge on any atom is 0.305 e. The molecule has 8 nitrogen and oxygen atoms in total. The summed E-state index contributed by atoms with van der Waals surface area (Å²) in [6.45, 7) is 4.00. The molecule has 3 atom stereocenters. The van der Waals surface area contributed by atoms with Crippen molar-refractivity contribution in [2.24, 2.45) is 0 Å². The first-order valence-electron chi connectivity index (χ1n) is 10.2. The van der Waals surface area contributed by atoms with Crippen molar-refractivity contribution >= 4 is 11.9 Å². The van der Waals surface area contributed by atoms with Crippen molar-refractivity contribution in [3.8, 4) is 11.3 Å². The zero-order valence-electron chi connectivity index (χ0n) is 18.0. The summed E-state index contributed by atoms with van der Waals surface area (Å²) in [6, 6.07) is 4.34. The van der Waals surface area contributed by atoms with Crippen molar-refractivity contribution in [3.05, 3.63) is 40.8 Å². The third-order valence-electron chi connectivity index (χ3n) is 5.61. The minimum atomic E-state index is -1.20. The highest BCUT2D eigenvalue weighted by atomic mass is 19.1. The number of hydroxylamine groups is 1. The van der Waals surface area contributed by atoms with Gasteiger partial charge in [0.2, 0.25) is 5.95 Å². The molecule has 3 N–H and O–H groups in total. The smallest absolute Gasteiger partial charge is 0.305 e. The Balaban J connectivity index is 2.10. The van der Waals surface area contributed by atoms with Crippen LogP contribution in [0.2, 0.25) is 0 Å². The predicted molar refractivity (Wildman–Crippen MR) is 112 cm³/mol. The summed E-state index contributed by atoms with van der Waals surface area (Å²) in [5.74, 6) is -1.70. The highest BCUT2D eigenvalue weighted by Gasteiger charge is 2.35. The average Bonchev–Trinajstić information content (AvgIpc) is 2.70. The molecule has 1 aromatic carbocycles. The molecule has 1 heterocycles. The number of fused-ring (bicyclic) bond motifs is 3. The van der Waals surface area contributed by atoms with Gasteiger partial charge in [-0.15, -0.1) is 0 Å². The van der Waals surface area contributed by atoms with Crippen LogP contribution in [0.15, 0.2) is 18.2 Å². The number of carbonyl (C=O) groups is 1. The van der Waals surface area contributed by atoms with Crippen LogP contribution >= 0.6 is 0 Å². The van der Waals surface area contributed by atoms with E-state index < -0.39 is 36.3 Å². The molecule has 0 bridgehead atoms. The van der Waals surface area contributed by atoms with Gasteiger partial charge < -0.3 is 15.3 Å². The Morgan fingerprint density at radius 1 is 1.32 bits per heavy atom. The minimum Gasteiger partial charge on any atom is -0.481 e. The van der Waals surface area contributed by atoms with Gasteiger partial charge in [-0.25, -0.2) is 19.4 Å². The van der Waals surface area contributed by atoms with E-state index in [9.17, 15) is 19.4 Å². The molecule has 0 fully saturated rings. The van der Waals surface area contributed by atoms with Crippen molar-refractivity contribution in [2.45, 2.75) is 57.2 Å². The number of benzene rings is 1. The third-order valence-corrected chi connectivity index (χ3v) is 5.61. The first-order valence-corrected chi connectivity index (χ1v) is 10.2. The Morgan fingerprint density at radius 3 is 2.65 bits per heavy atom. The van der Waals surface area contributed by atoms with Crippen LogP contribution in [0.5, 0.6) is 0 Å². The van der Waals surface area contributed by atoms with Gasteiger partial charge in [0, 0.05) is 30.5 Å². The summed E-state index contributed by atoms with van der Waals surface area (Å²) in [4.78, 5) is 25.4. The number of nitrogens with zero attached hydrogens (tertiary/aromatic N) is 3. The van der Waals surface area contributed by atoms with Gasteiger partial charge in [0.15, 0.2) is 0 Å². The van der Waals surface area contributed by atoms with Crippen molar-refractivity contribution in [1.29, 1.82) is 0 Å². The molecule has 9 heteroatoms. The zero-order valence-corrected chi connectivity index (χ0v) is 18.0. The molecule has 1 unspecified atom stereocenters. The van der Waals surface area contributed by atoms with Gasteiger partial charge in [-0.3, -0.25) is 9.63 Å². The summed E-state index contributed by atoms with van der Waals surface area (Å²) in [5, 5.41) is 31.3. The van der Waals surface area contributed by atoms with Gasteiger partial charge in [-0.2, -0.15) is 0 Å². The SMILES string of the molecule is CON(C)c1nc2c(c(C(C)C)n1)CC([C@@H](O)C[C@@H](O)CC(=O)O)c1cc(F)ccc1-2. The van der Waals surface area contributed by atoms with Crippen molar-refractivity contribution in [1.82, 2.24) is 9.97 Å². The Bertz CT molecular complexity index is 968. The number of halogens is 1. The lowest BCUT2D eigenvalue weighted by atomic mass is 9.75. The highest BCUT2D eigenvalue weighted by molar-refractivity contribution is 5.73. The predicted octanol–water partition coefficient (Wildman–Crippen LogP) is 2.63. The number of aliphatic carboxylic acids is 1. The van der Waals surface area contributed by atoms with Crippen LogP contribution in [0, 0.1) is 5.82 Å². The standard InChI is InChI=1S/C22H28FN3O5/c1-11(2)20-17-10-16(18(28)8-13(27)9-19(29)30)15-7-12(23)5-6-14(15)21(17)25-22(24-20)26(3)31-4/h5-7,11,13,16,18,27-28H,8-10H2,1-4H3,(H,29,30)/t13-,16?,18+/m1/s1. The second kappa shape index (κ2) is 9.25. The molecule has 2 aromatic rings. The molecule has 0 spiro atoms. The largest absolute Gasteiger partial charge is 0.481 e. The molecular formula is C22H28FN3O5. The van der Waals surface area contributed by atoms with Gasteiger partial charge in [-0.05, 0) is 36.1 Å². The van der Waals surface area contributed by atoms with Gasteiger partial charge in [0.05, 0.1) is 37.1 Å². The van der Waals surface area contributed by atoms with E-state index in [1.54, 1.807) is 13.1 Å². The fourth-order valence-electron chi connectivity index (χ4n) is 4.07. The minimum absolute atomic E-state index is 0.0538. The Labute approximate surface area is 180 Å². The van der Waals surface area contributed by atoms with E-state index in [1.165, 1.54) is 24.3 Å². The molecule has 0 amide bonds. The summed E-state index contributed by atoms with van der Waals surface area (Å²) in [5.41, 5.74) is 3.54. The number of hydrogen-bond acceptors (Lipinski definition) is 7. The normalized spacial score (nSPS) is 17.1. The lowest BCUT2D eigenvalue weighted by molar-refractivity contribution is -0.139. The number of carboxylic acids is 1. The van der Waals surface area contributed by atoms with Crippen LogP contribution in [0.4, 0.5) is 10.3 Å². The molecule has 3 rings (SSSR count). The van der Waals surface area contributed by atoms with Crippen molar-refractivity contribution in [2.75, 3.05) is 19.2 Å². The lowest BCUT2D eigenvalue weighted by Gasteiger charge is -2.33. The summed E-state index contributed by atoms with van der Waals surface area (Å²) >= 11 is 0. The van der Waals surface area contributed by atoms with E-state index in [2.05, 4.69) is 9.97 Å². The molecule has 168 valence electrons. The van der Waals surface area contributed by atoms with E-state index >= 15 is 0 Å². The average molecular weight is 433 g/mol.